The van der Waals surface area contributed by atoms with Gasteiger partial charge in [-0.25, -0.2) is 9.97 Å². The second kappa shape index (κ2) is 8.02. The standard InChI is InChI=1S/C35H24ClN3/c1-35(2)27-14-8-6-12-25(27)31-28(35)19-18-24-23-17-16-22(36)20-30(23)39(33(24)31)34-37-29-15-9-7-13-26(29)32(38-34)21-10-4-3-5-11-21/h3-20H,1-2H3. The number of aromatic nitrogens is 3. The second-order valence-corrected chi connectivity index (χ2v) is 11.2. The summed E-state index contributed by atoms with van der Waals surface area (Å²) in [7, 11) is 0. The van der Waals surface area contributed by atoms with E-state index in [4.69, 9.17) is 21.6 Å². The molecule has 0 bridgehead atoms. The Morgan fingerprint density at radius 2 is 1.41 bits per heavy atom. The van der Waals surface area contributed by atoms with Crippen molar-refractivity contribution in [2.75, 3.05) is 0 Å². The lowest BCUT2D eigenvalue weighted by Crippen LogP contribution is -2.14. The summed E-state index contributed by atoms with van der Waals surface area (Å²) in [4.78, 5) is 10.4. The number of rotatable bonds is 2. The SMILES string of the molecule is CC1(C)c2ccccc2-c2c1ccc1c3ccc(Cl)cc3n(-c3nc(-c4ccccc4)c4ccccc4n3)c21. The highest BCUT2D eigenvalue weighted by molar-refractivity contribution is 6.31. The van der Waals surface area contributed by atoms with E-state index < -0.39 is 0 Å². The zero-order valence-electron chi connectivity index (χ0n) is 21.6. The van der Waals surface area contributed by atoms with Gasteiger partial charge < -0.3 is 0 Å². The minimum atomic E-state index is -0.113. The predicted octanol–water partition coefficient (Wildman–Crippen LogP) is 9.35. The Morgan fingerprint density at radius 3 is 2.28 bits per heavy atom. The van der Waals surface area contributed by atoms with Crippen LogP contribution >= 0.6 is 11.6 Å². The largest absolute Gasteiger partial charge is 0.277 e. The highest BCUT2D eigenvalue weighted by Crippen LogP contribution is 2.52. The fourth-order valence-corrected chi connectivity index (χ4v) is 6.62. The molecule has 0 spiro atoms. The quantitative estimate of drug-likeness (QED) is 0.227. The highest BCUT2D eigenvalue weighted by atomic mass is 35.5. The third-order valence-electron chi connectivity index (χ3n) is 8.27. The molecule has 7 aromatic rings. The molecular weight excluding hydrogens is 498 g/mol. The summed E-state index contributed by atoms with van der Waals surface area (Å²) in [6, 6.07) is 38.0. The summed E-state index contributed by atoms with van der Waals surface area (Å²) in [5.74, 6) is 0.644. The third-order valence-corrected chi connectivity index (χ3v) is 8.51. The van der Waals surface area contributed by atoms with E-state index in [0.717, 1.165) is 38.6 Å². The number of para-hydroxylation sites is 1. The molecule has 0 saturated carbocycles. The molecule has 0 radical (unpaired) electrons. The predicted molar refractivity (Wildman–Crippen MR) is 162 cm³/mol. The molecular formula is C35H24ClN3. The molecule has 1 aliphatic rings. The molecule has 1 aliphatic carbocycles. The first-order chi connectivity index (χ1) is 19.0. The van der Waals surface area contributed by atoms with E-state index in [9.17, 15) is 0 Å². The average Bonchev–Trinajstić information content (AvgIpc) is 3.41. The van der Waals surface area contributed by atoms with Gasteiger partial charge in [-0.05, 0) is 34.9 Å². The molecule has 0 aliphatic heterocycles. The maximum Gasteiger partial charge on any atom is 0.235 e. The highest BCUT2D eigenvalue weighted by Gasteiger charge is 2.37. The van der Waals surface area contributed by atoms with E-state index in [0.29, 0.717) is 11.0 Å². The molecule has 0 saturated heterocycles. The van der Waals surface area contributed by atoms with Crippen LogP contribution < -0.4 is 0 Å². The van der Waals surface area contributed by atoms with Crippen LogP contribution in [0.4, 0.5) is 0 Å². The molecule has 2 aromatic heterocycles. The fraction of sp³-hybridized carbons (Fsp3) is 0.0857. The maximum absolute atomic E-state index is 6.62. The fourth-order valence-electron chi connectivity index (χ4n) is 6.45. The van der Waals surface area contributed by atoms with Gasteiger partial charge in [0.15, 0.2) is 0 Å². The first-order valence-corrected chi connectivity index (χ1v) is 13.6. The molecule has 5 aromatic carbocycles. The van der Waals surface area contributed by atoms with Crippen LogP contribution in [-0.2, 0) is 5.41 Å². The van der Waals surface area contributed by atoms with Crippen LogP contribution in [0.15, 0.2) is 109 Å². The monoisotopic (exact) mass is 521 g/mol. The molecule has 8 rings (SSSR count). The summed E-state index contributed by atoms with van der Waals surface area (Å²) >= 11 is 6.62. The number of benzene rings is 5. The number of nitrogens with zero attached hydrogens (tertiary/aromatic N) is 3. The molecule has 0 unspecified atom stereocenters. The van der Waals surface area contributed by atoms with Crippen molar-refractivity contribution in [3.63, 3.8) is 0 Å². The van der Waals surface area contributed by atoms with E-state index in [1.165, 1.54) is 27.6 Å². The summed E-state index contributed by atoms with van der Waals surface area (Å²) < 4.78 is 2.23. The van der Waals surface area contributed by atoms with Gasteiger partial charge in [0.25, 0.3) is 0 Å². The molecule has 2 heterocycles. The number of fused-ring (bicyclic) bond motifs is 8. The molecule has 39 heavy (non-hydrogen) atoms. The lowest BCUT2D eigenvalue weighted by molar-refractivity contribution is 0.661. The van der Waals surface area contributed by atoms with E-state index in [2.05, 4.69) is 97.3 Å². The van der Waals surface area contributed by atoms with Crippen molar-refractivity contribution in [1.29, 1.82) is 0 Å². The summed E-state index contributed by atoms with van der Waals surface area (Å²) in [6.45, 7) is 4.63. The van der Waals surface area contributed by atoms with Gasteiger partial charge in [-0.15, -0.1) is 0 Å². The zero-order chi connectivity index (χ0) is 26.3. The molecule has 4 heteroatoms. The van der Waals surface area contributed by atoms with Crippen LogP contribution in [0.25, 0.3) is 61.0 Å². The van der Waals surface area contributed by atoms with Gasteiger partial charge in [0.1, 0.15) is 0 Å². The van der Waals surface area contributed by atoms with Gasteiger partial charge in [0, 0.05) is 37.7 Å². The Morgan fingerprint density at radius 1 is 0.667 bits per heavy atom. The van der Waals surface area contributed by atoms with Gasteiger partial charge in [-0.3, -0.25) is 4.57 Å². The minimum Gasteiger partial charge on any atom is -0.277 e. The lowest BCUT2D eigenvalue weighted by Gasteiger charge is -2.21. The molecule has 186 valence electrons. The second-order valence-electron chi connectivity index (χ2n) is 10.8. The number of hydrogen-bond acceptors (Lipinski definition) is 2. The normalized spacial score (nSPS) is 13.7. The van der Waals surface area contributed by atoms with Crippen LogP contribution in [0.2, 0.25) is 5.02 Å². The molecule has 0 atom stereocenters. The van der Waals surface area contributed by atoms with E-state index in [-0.39, 0.29) is 5.41 Å². The smallest absolute Gasteiger partial charge is 0.235 e. The van der Waals surface area contributed by atoms with Crippen LogP contribution in [0.3, 0.4) is 0 Å². The van der Waals surface area contributed by atoms with Crippen molar-refractivity contribution in [2.45, 2.75) is 19.3 Å². The van der Waals surface area contributed by atoms with Crippen LogP contribution in [-0.4, -0.2) is 14.5 Å². The van der Waals surface area contributed by atoms with Crippen LogP contribution in [0, 0.1) is 0 Å². The van der Waals surface area contributed by atoms with Crippen molar-refractivity contribution < 1.29 is 0 Å². The van der Waals surface area contributed by atoms with Crippen molar-refractivity contribution in [2.24, 2.45) is 0 Å². The average molecular weight is 522 g/mol. The molecule has 0 amide bonds. The minimum absolute atomic E-state index is 0.113. The Hall–Kier alpha value is -4.47. The van der Waals surface area contributed by atoms with E-state index >= 15 is 0 Å². The van der Waals surface area contributed by atoms with Crippen LogP contribution in [0.5, 0.6) is 0 Å². The summed E-state index contributed by atoms with van der Waals surface area (Å²) in [5.41, 5.74) is 10.1. The van der Waals surface area contributed by atoms with Crippen LogP contribution in [0.1, 0.15) is 25.0 Å². The summed E-state index contributed by atoms with van der Waals surface area (Å²) in [5, 5.41) is 4.03. The molecule has 0 fully saturated rings. The van der Waals surface area contributed by atoms with Crippen molar-refractivity contribution in [3.8, 4) is 28.3 Å². The third kappa shape index (κ3) is 3.11. The topological polar surface area (TPSA) is 30.7 Å². The Bertz CT molecular complexity index is 2110. The zero-order valence-corrected chi connectivity index (χ0v) is 22.4. The van der Waals surface area contributed by atoms with Crippen molar-refractivity contribution in [3.05, 3.63) is 125 Å². The first kappa shape index (κ1) is 22.5. The van der Waals surface area contributed by atoms with Gasteiger partial charge in [-0.1, -0.05) is 116 Å². The van der Waals surface area contributed by atoms with Gasteiger partial charge in [-0.2, -0.15) is 0 Å². The van der Waals surface area contributed by atoms with E-state index in [1.807, 2.05) is 30.3 Å². The molecule has 0 N–H and O–H groups in total. The van der Waals surface area contributed by atoms with Crippen molar-refractivity contribution >= 4 is 44.3 Å². The number of halogens is 1. The van der Waals surface area contributed by atoms with E-state index in [1.54, 1.807) is 0 Å². The van der Waals surface area contributed by atoms with Gasteiger partial charge in [0.2, 0.25) is 5.95 Å². The maximum atomic E-state index is 6.62. The Balaban J connectivity index is 1.57. The Kier molecular flexibility index (Phi) is 4.63. The van der Waals surface area contributed by atoms with Crippen molar-refractivity contribution in [1.82, 2.24) is 14.5 Å². The van der Waals surface area contributed by atoms with Gasteiger partial charge in [0.05, 0.1) is 22.2 Å². The molecule has 3 nitrogen and oxygen atoms in total. The summed E-state index contributed by atoms with van der Waals surface area (Å²) in [6.07, 6.45) is 0. The Labute approximate surface area is 231 Å². The first-order valence-electron chi connectivity index (χ1n) is 13.2. The van der Waals surface area contributed by atoms with Gasteiger partial charge >= 0.3 is 0 Å². The number of hydrogen-bond donors (Lipinski definition) is 0. The lowest BCUT2D eigenvalue weighted by atomic mass is 9.82.